The van der Waals surface area contributed by atoms with Gasteiger partial charge in [-0.25, -0.2) is 4.99 Å². The van der Waals surface area contributed by atoms with E-state index in [-0.39, 0.29) is 35.6 Å². The van der Waals surface area contributed by atoms with Crippen LogP contribution >= 0.6 is 24.0 Å². The Morgan fingerprint density at radius 3 is 2.55 bits per heavy atom. The SMILES string of the molecule is Cc1nnc(CN=C(NCC2CCCO2)NCC(C)(C)N2CCCCC2)n1C.I. The summed E-state index contributed by atoms with van der Waals surface area (Å²) in [4.78, 5) is 7.36. The summed E-state index contributed by atoms with van der Waals surface area (Å²) in [6.07, 6.45) is 6.49. The third kappa shape index (κ3) is 7.06. The number of nitrogens with one attached hydrogen (secondary N) is 2. The Morgan fingerprint density at radius 2 is 1.93 bits per heavy atom. The van der Waals surface area contributed by atoms with Crippen LogP contribution in [0.5, 0.6) is 0 Å². The van der Waals surface area contributed by atoms with Gasteiger partial charge in [-0.2, -0.15) is 0 Å². The number of ether oxygens (including phenoxy) is 1. The number of halogens is 1. The summed E-state index contributed by atoms with van der Waals surface area (Å²) >= 11 is 0. The highest BCUT2D eigenvalue weighted by atomic mass is 127. The molecule has 166 valence electrons. The summed E-state index contributed by atoms with van der Waals surface area (Å²) in [5, 5.41) is 15.4. The molecule has 1 atom stereocenters. The second kappa shape index (κ2) is 11.5. The molecule has 0 aromatic carbocycles. The van der Waals surface area contributed by atoms with Gasteiger partial charge in [-0.05, 0) is 59.5 Å². The molecule has 2 saturated heterocycles. The molecular formula is C20H38IN7O. The fourth-order valence-electron chi connectivity index (χ4n) is 3.84. The number of likely N-dealkylation sites (tertiary alicyclic amines) is 1. The first-order chi connectivity index (χ1) is 13.5. The zero-order valence-corrected chi connectivity index (χ0v) is 20.7. The number of aryl methyl sites for hydroxylation is 1. The summed E-state index contributed by atoms with van der Waals surface area (Å²) in [5.74, 6) is 2.59. The molecule has 0 saturated carbocycles. The van der Waals surface area contributed by atoms with Crippen molar-refractivity contribution in [2.45, 2.75) is 71.1 Å². The Kier molecular flexibility index (Phi) is 9.61. The van der Waals surface area contributed by atoms with Crippen molar-refractivity contribution in [1.29, 1.82) is 0 Å². The van der Waals surface area contributed by atoms with Gasteiger partial charge in [-0.1, -0.05) is 6.42 Å². The van der Waals surface area contributed by atoms with Crippen molar-refractivity contribution < 1.29 is 4.74 Å². The first kappa shape index (κ1) is 24.3. The number of rotatable bonds is 7. The Morgan fingerprint density at radius 1 is 1.17 bits per heavy atom. The molecule has 8 nitrogen and oxygen atoms in total. The summed E-state index contributed by atoms with van der Waals surface area (Å²) in [5.41, 5.74) is 0.0914. The van der Waals surface area contributed by atoms with Crippen LogP contribution in [0, 0.1) is 6.92 Å². The molecule has 2 aliphatic rings. The van der Waals surface area contributed by atoms with Gasteiger partial charge in [0.05, 0.1) is 6.10 Å². The highest BCUT2D eigenvalue weighted by molar-refractivity contribution is 14.0. The van der Waals surface area contributed by atoms with Gasteiger partial charge in [0.1, 0.15) is 12.4 Å². The summed E-state index contributed by atoms with van der Waals surface area (Å²) in [6.45, 7) is 12.0. The van der Waals surface area contributed by atoms with Crippen LogP contribution in [0.3, 0.4) is 0 Å². The zero-order valence-electron chi connectivity index (χ0n) is 18.4. The van der Waals surface area contributed by atoms with Gasteiger partial charge in [-0.15, -0.1) is 34.2 Å². The van der Waals surface area contributed by atoms with Crippen molar-refractivity contribution in [3.63, 3.8) is 0 Å². The molecule has 2 aliphatic heterocycles. The number of nitrogens with zero attached hydrogens (tertiary/aromatic N) is 5. The molecule has 1 unspecified atom stereocenters. The van der Waals surface area contributed by atoms with Gasteiger partial charge in [0.15, 0.2) is 11.8 Å². The minimum atomic E-state index is 0. The maximum Gasteiger partial charge on any atom is 0.191 e. The highest BCUT2D eigenvalue weighted by Gasteiger charge is 2.28. The van der Waals surface area contributed by atoms with Crippen molar-refractivity contribution in [3.8, 4) is 0 Å². The molecule has 3 rings (SSSR count). The van der Waals surface area contributed by atoms with Crippen molar-refractivity contribution in [1.82, 2.24) is 30.3 Å². The Balaban J connectivity index is 0.00000300. The second-order valence-corrected chi connectivity index (χ2v) is 8.62. The summed E-state index contributed by atoms with van der Waals surface area (Å²) < 4.78 is 7.73. The number of hydrogen-bond acceptors (Lipinski definition) is 5. The zero-order chi connectivity index (χ0) is 20.0. The van der Waals surface area contributed by atoms with Crippen molar-refractivity contribution in [3.05, 3.63) is 11.6 Å². The predicted octanol–water partition coefficient (Wildman–Crippen LogP) is 2.22. The molecule has 0 radical (unpaired) electrons. The van der Waals surface area contributed by atoms with E-state index in [1.165, 1.54) is 32.4 Å². The fourth-order valence-corrected chi connectivity index (χ4v) is 3.84. The van der Waals surface area contributed by atoms with Gasteiger partial charge < -0.3 is 19.9 Å². The van der Waals surface area contributed by atoms with Crippen LogP contribution in [0.1, 0.15) is 57.6 Å². The van der Waals surface area contributed by atoms with Gasteiger partial charge in [0, 0.05) is 32.3 Å². The minimum Gasteiger partial charge on any atom is -0.376 e. The molecule has 1 aromatic rings. The smallest absolute Gasteiger partial charge is 0.191 e. The van der Waals surface area contributed by atoms with E-state index in [9.17, 15) is 0 Å². The number of aromatic nitrogens is 3. The third-order valence-corrected chi connectivity index (χ3v) is 5.98. The lowest BCUT2D eigenvalue weighted by Crippen LogP contribution is -2.55. The third-order valence-electron chi connectivity index (χ3n) is 5.98. The lowest BCUT2D eigenvalue weighted by molar-refractivity contribution is 0.0977. The second-order valence-electron chi connectivity index (χ2n) is 8.62. The Bertz CT molecular complexity index is 649. The first-order valence-corrected chi connectivity index (χ1v) is 10.7. The molecule has 9 heteroatoms. The Hall–Kier alpha value is -0.940. The van der Waals surface area contributed by atoms with Crippen LogP contribution in [0.15, 0.2) is 4.99 Å². The number of piperidine rings is 1. The van der Waals surface area contributed by atoms with E-state index < -0.39 is 0 Å². The van der Waals surface area contributed by atoms with Gasteiger partial charge in [0.2, 0.25) is 0 Å². The Labute approximate surface area is 192 Å². The van der Waals surface area contributed by atoms with Gasteiger partial charge in [0.25, 0.3) is 0 Å². The number of hydrogen-bond donors (Lipinski definition) is 2. The van der Waals surface area contributed by atoms with Crippen molar-refractivity contribution in [2.24, 2.45) is 12.0 Å². The fraction of sp³-hybridized carbons (Fsp3) is 0.850. The van der Waals surface area contributed by atoms with E-state index in [4.69, 9.17) is 9.73 Å². The van der Waals surface area contributed by atoms with Crippen LogP contribution < -0.4 is 10.6 Å². The highest BCUT2D eigenvalue weighted by Crippen LogP contribution is 2.19. The lowest BCUT2D eigenvalue weighted by atomic mass is 9.98. The van der Waals surface area contributed by atoms with Crippen LogP contribution in [0.4, 0.5) is 0 Å². The summed E-state index contributed by atoms with van der Waals surface area (Å²) in [7, 11) is 1.98. The molecule has 2 fully saturated rings. The normalized spacial score (nSPS) is 21.1. The molecule has 0 aliphatic carbocycles. The van der Waals surface area contributed by atoms with Gasteiger partial charge >= 0.3 is 0 Å². The molecule has 0 spiro atoms. The van der Waals surface area contributed by atoms with Crippen molar-refractivity contribution in [2.75, 3.05) is 32.8 Å². The molecule has 29 heavy (non-hydrogen) atoms. The molecular weight excluding hydrogens is 481 g/mol. The topological polar surface area (TPSA) is 79.6 Å². The van der Waals surface area contributed by atoms with Crippen LogP contribution in [0.2, 0.25) is 0 Å². The van der Waals surface area contributed by atoms with E-state index in [0.29, 0.717) is 6.54 Å². The van der Waals surface area contributed by atoms with E-state index in [1.54, 1.807) is 0 Å². The van der Waals surface area contributed by atoms with E-state index in [1.807, 2.05) is 18.5 Å². The minimum absolute atomic E-state index is 0. The van der Waals surface area contributed by atoms with E-state index >= 15 is 0 Å². The van der Waals surface area contributed by atoms with E-state index in [2.05, 4.69) is 39.6 Å². The average molecular weight is 519 g/mol. The lowest BCUT2D eigenvalue weighted by Gasteiger charge is -2.41. The van der Waals surface area contributed by atoms with Crippen molar-refractivity contribution >= 4 is 29.9 Å². The molecule has 3 heterocycles. The quantitative estimate of drug-likeness (QED) is 0.327. The first-order valence-electron chi connectivity index (χ1n) is 10.7. The predicted molar refractivity (Wildman–Crippen MR) is 127 cm³/mol. The van der Waals surface area contributed by atoms with Crippen LogP contribution in [-0.4, -0.2) is 70.1 Å². The largest absolute Gasteiger partial charge is 0.376 e. The molecule has 1 aromatic heterocycles. The maximum absolute atomic E-state index is 5.75. The average Bonchev–Trinajstić information content (AvgIpc) is 3.33. The van der Waals surface area contributed by atoms with E-state index in [0.717, 1.165) is 50.1 Å². The number of guanidine groups is 1. The monoisotopic (exact) mass is 519 g/mol. The van der Waals surface area contributed by atoms with Crippen LogP contribution in [-0.2, 0) is 18.3 Å². The maximum atomic E-state index is 5.75. The number of aliphatic imine (C=N–C) groups is 1. The molecule has 2 N–H and O–H groups in total. The van der Waals surface area contributed by atoms with Crippen LogP contribution in [0.25, 0.3) is 0 Å². The standard InChI is InChI=1S/C20H37N7O.HI/c1-16-24-25-18(26(16)4)14-22-19(21-13-17-9-8-12-28-17)23-15-20(2,3)27-10-6-5-7-11-27;/h17H,5-15H2,1-4H3,(H2,21,22,23);1H. The van der Waals surface area contributed by atoms with Gasteiger partial charge in [-0.3, -0.25) is 4.90 Å². The summed E-state index contributed by atoms with van der Waals surface area (Å²) in [6, 6.07) is 0. The molecule has 0 bridgehead atoms. The molecule has 0 amide bonds.